The van der Waals surface area contributed by atoms with Gasteiger partial charge in [0.15, 0.2) is 0 Å². The zero-order chi connectivity index (χ0) is 19.7. The Bertz CT molecular complexity index is 428. The van der Waals surface area contributed by atoms with Gasteiger partial charge in [-0.05, 0) is 6.92 Å². The summed E-state index contributed by atoms with van der Waals surface area (Å²) in [5.74, 6) is -5.25. The van der Waals surface area contributed by atoms with Gasteiger partial charge in [0.25, 0.3) is 0 Å². The van der Waals surface area contributed by atoms with Crippen LogP contribution in [0.25, 0.3) is 0 Å². The molecular weight excluding hydrogens is 352 g/mol. The van der Waals surface area contributed by atoms with Gasteiger partial charge in [-0.15, -0.1) is 0 Å². The topological polar surface area (TPSA) is 128 Å². The first kappa shape index (κ1) is 24.2. The lowest BCUT2D eigenvalue weighted by atomic mass is 10.0. The van der Waals surface area contributed by atoms with Crippen molar-refractivity contribution in [2.24, 2.45) is 11.7 Å². The lowest BCUT2D eigenvalue weighted by molar-refractivity contribution is -0.193. The van der Waals surface area contributed by atoms with Crippen LogP contribution in [-0.4, -0.2) is 65.1 Å². The van der Waals surface area contributed by atoms with Crippen molar-refractivity contribution >= 4 is 11.9 Å². The van der Waals surface area contributed by atoms with Crippen molar-refractivity contribution in [1.82, 2.24) is 4.90 Å². The number of carboxylic acid groups (broad SMARTS) is 2. The molecule has 0 unspecified atom stereocenters. The van der Waals surface area contributed by atoms with Crippen molar-refractivity contribution < 1.29 is 46.1 Å². The highest BCUT2D eigenvalue weighted by molar-refractivity contribution is 5.73. The van der Waals surface area contributed by atoms with Crippen LogP contribution in [0.4, 0.5) is 26.3 Å². The number of hydrogen-bond donors (Lipinski definition) is 3. The molecule has 1 aliphatic heterocycles. The number of rotatable bonds is 2. The number of nitriles is 1. The molecule has 0 aromatic rings. The second-order valence-electron chi connectivity index (χ2n) is 4.63. The van der Waals surface area contributed by atoms with E-state index in [2.05, 4.69) is 11.0 Å². The molecule has 4 N–H and O–H groups in total. The maximum Gasteiger partial charge on any atom is 0.490 e. The van der Waals surface area contributed by atoms with Gasteiger partial charge in [-0.2, -0.15) is 31.6 Å². The molecule has 13 heteroatoms. The summed E-state index contributed by atoms with van der Waals surface area (Å²) in [6, 6.07) is 2.46. The second-order valence-corrected chi connectivity index (χ2v) is 4.63. The summed E-state index contributed by atoms with van der Waals surface area (Å²) >= 11 is 0. The third kappa shape index (κ3) is 12.5. The van der Waals surface area contributed by atoms with Crippen molar-refractivity contribution in [3.8, 4) is 6.07 Å². The Hall–Kier alpha value is -2.07. The average molecular weight is 367 g/mol. The zero-order valence-corrected chi connectivity index (χ0v) is 12.2. The van der Waals surface area contributed by atoms with Gasteiger partial charge >= 0.3 is 24.3 Å². The highest BCUT2D eigenvalue weighted by Crippen LogP contribution is 2.14. The SMILES string of the molecule is C[C@@H](N)CN1CC(C#N)C1.O=C(O)C(F)(F)F.O=C(O)C(F)(F)F. The molecule has 140 valence electrons. The molecule has 7 nitrogen and oxygen atoms in total. The third-order valence-corrected chi connectivity index (χ3v) is 2.17. The molecule has 0 bridgehead atoms. The summed E-state index contributed by atoms with van der Waals surface area (Å²) in [6.07, 6.45) is -10.2. The molecule has 0 radical (unpaired) electrons. The van der Waals surface area contributed by atoms with E-state index in [-0.39, 0.29) is 12.0 Å². The largest absolute Gasteiger partial charge is 0.490 e. The van der Waals surface area contributed by atoms with Crippen LogP contribution in [0.15, 0.2) is 0 Å². The molecule has 0 amide bonds. The number of nitrogens with zero attached hydrogens (tertiary/aromatic N) is 2. The quantitative estimate of drug-likeness (QED) is 0.623. The van der Waals surface area contributed by atoms with E-state index >= 15 is 0 Å². The Labute approximate surface area is 132 Å². The Kier molecular flexibility index (Phi) is 10.0. The molecule has 0 aromatic carbocycles. The highest BCUT2D eigenvalue weighted by atomic mass is 19.4. The van der Waals surface area contributed by atoms with Crippen molar-refractivity contribution in [1.29, 1.82) is 5.26 Å². The van der Waals surface area contributed by atoms with Gasteiger partial charge in [-0.3, -0.25) is 4.90 Å². The fraction of sp³-hybridized carbons (Fsp3) is 0.727. The number of carbonyl (C=O) groups is 2. The van der Waals surface area contributed by atoms with E-state index in [1.165, 1.54) is 0 Å². The fourth-order valence-corrected chi connectivity index (χ4v) is 1.21. The van der Waals surface area contributed by atoms with E-state index in [0.29, 0.717) is 0 Å². The molecule has 0 aromatic heterocycles. The zero-order valence-electron chi connectivity index (χ0n) is 12.2. The van der Waals surface area contributed by atoms with Crippen LogP contribution in [0.5, 0.6) is 0 Å². The van der Waals surface area contributed by atoms with Gasteiger partial charge < -0.3 is 15.9 Å². The van der Waals surface area contributed by atoms with E-state index in [1.54, 1.807) is 0 Å². The smallest absolute Gasteiger partial charge is 0.475 e. The number of likely N-dealkylation sites (tertiary alicyclic amines) is 1. The number of aliphatic carboxylic acids is 2. The van der Waals surface area contributed by atoms with Crippen LogP contribution in [-0.2, 0) is 9.59 Å². The summed E-state index contributed by atoms with van der Waals surface area (Å²) in [4.78, 5) is 20.0. The van der Waals surface area contributed by atoms with Gasteiger partial charge in [-0.25, -0.2) is 9.59 Å². The fourth-order valence-electron chi connectivity index (χ4n) is 1.21. The van der Waals surface area contributed by atoms with Gasteiger partial charge in [0.05, 0.1) is 12.0 Å². The molecule has 1 saturated heterocycles. The summed E-state index contributed by atoms with van der Waals surface area (Å²) in [6.45, 7) is 4.74. The predicted molar refractivity (Wildman–Crippen MR) is 66.6 cm³/mol. The van der Waals surface area contributed by atoms with Crippen LogP contribution in [0.2, 0.25) is 0 Å². The summed E-state index contributed by atoms with van der Waals surface area (Å²) in [5, 5.41) is 22.7. The predicted octanol–water partition coefficient (Wildman–Crippen LogP) is 1.06. The first-order chi connectivity index (χ1) is 10.6. The van der Waals surface area contributed by atoms with Crippen LogP contribution in [0.1, 0.15) is 6.92 Å². The molecule has 0 saturated carbocycles. The van der Waals surface area contributed by atoms with E-state index < -0.39 is 24.3 Å². The lowest BCUT2D eigenvalue weighted by Gasteiger charge is -2.36. The first-order valence-corrected chi connectivity index (χ1v) is 6.09. The molecule has 1 heterocycles. The first-order valence-electron chi connectivity index (χ1n) is 6.09. The number of alkyl halides is 6. The van der Waals surface area contributed by atoms with Gasteiger partial charge in [0.2, 0.25) is 0 Å². The van der Waals surface area contributed by atoms with Crippen LogP contribution >= 0.6 is 0 Å². The van der Waals surface area contributed by atoms with Crippen molar-refractivity contribution in [2.45, 2.75) is 25.3 Å². The molecule has 1 rings (SSSR count). The van der Waals surface area contributed by atoms with Crippen LogP contribution in [0, 0.1) is 17.2 Å². The minimum Gasteiger partial charge on any atom is -0.475 e. The summed E-state index contributed by atoms with van der Waals surface area (Å²) in [5.41, 5.74) is 5.57. The molecule has 24 heavy (non-hydrogen) atoms. The molecule has 0 spiro atoms. The Morgan fingerprint density at radius 3 is 1.62 bits per heavy atom. The Balaban J connectivity index is 0. The minimum absolute atomic E-state index is 0.236. The normalized spacial score (nSPS) is 16.3. The third-order valence-electron chi connectivity index (χ3n) is 2.17. The maximum absolute atomic E-state index is 10.6. The van der Waals surface area contributed by atoms with Crippen molar-refractivity contribution in [3.05, 3.63) is 0 Å². The monoisotopic (exact) mass is 367 g/mol. The molecule has 1 atom stereocenters. The van der Waals surface area contributed by atoms with Crippen LogP contribution in [0.3, 0.4) is 0 Å². The maximum atomic E-state index is 10.6. The van der Waals surface area contributed by atoms with Crippen molar-refractivity contribution in [3.63, 3.8) is 0 Å². The highest BCUT2D eigenvalue weighted by Gasteiger charge is 2.38. The standard InChI is InChI=1S/C7H13N3.2C2HF3O2/c1-6(9)3-10-4-7(2-8)5-10;2*3-2(4,5)1(6)7/h6-7H,3-5,9H2,1H3;2*(H,6,7)/t6-;;/m1../s1. The molecule has 0 aliphatic carbocycles. The van der Waals surface area contributed by atoms with E-state index in [9.17, 15) is 26.3 Å². The number of nitrogens with two attached hydrogens (primary N) is 1. The van der Waals surface area contributed by atoms with E-state index in [0.717, 1.165) is 19.6 Å². The van der Waals surface area contributed by atoms with Gasteiger partial charge in [0.1, 0.15) is 0 Å². The summed E-state index contributed by atoms with van der Waals surface area (Å²) < 4.78 is 63.5. The van der Waals surface area contributed by atoms with Crippen molar-refractivity contribution in [2.75, 3.05) is 19.6 Å². The summed E-state index contributed by atoms with van der Waals surface area (Å²) in [7, 11) is 0. The van der Waals surface area contributed by atoms with Gasteiger partial charge in [-0.1, -0.05) is 0 Å². The molecule has 1 fully saturated rings. The minimum atomic E-state index is -5.08. The van der Waals surface area contributed by atoms with Gasteiger partial charge in [0, 0.05) is 25.7 Å². The Morgan fingerprint density at radius 1 is 1.17 bits per heavy atom. The van der Waals surface area contributed by atoms with E-state index in [4.69, 9.17) is 30.8 Å². The number of hydrogen-bond acceptors (Lipinski definition) is 5. The molecular formula is C11H15F6N3O4. The van der Waals surface area contributed by atoms with E-state index in [1.807, 2.05) is 6.92 Å². The number of carboxylic acids is 2. The number of halogens is 6. The Morgan fingerprint density at radius 2 is 1.46 bits per heavy atom. The van der Waals surface area contributed by atoms with Crippen LogP contribution < -0.4 is 5.73 Å². The average Bonchev–Trinajstić information content (AvgIpc) is 2.32. The second kappa shape index (κ2) is 9.93. The molecule has 1 aliphatic rings. The lowest BCUT2D eigenvalue weighted by Crippen LogP contribution is -2.50.